The predicted molar refractivity (Wildman–Crippen MR) is 80.5 cm³/mol. The Bertz CT molecular complexity index is 798. The molecule has 0 bridgehead atoms. The molecule has 0 saturated heterocycles. The van der Waals surface area contributed by atoms with Gasteiger partial charge in [0.2, 0.25) is 0 Å². The van der Waals surface area contributed by atoms with Gasteiger partial charge < -0.3 is 5.32 Å². The summed E-state index contributed by atoms with van der Waals surface area (Å²) in [7, 11) is 0. The molecule has 0 aliphatic carbocycles. The van der Waals surface area contributed by atoms with Gasteiger partial charge in [-0.1, -0.05) is 12.1 Å². The highest BCUT2D eigenvalue weighted by Gasteiger charge is 2.11. The van der Waals surface area contributed by atoms with E-state index in [0.29, 0.717) is 17.9 Å². The van der Waals surface area contributed by atoms with E-state index in [9.17, 15) is 9.18 Å². The lowest BCUT2D eigenvalue weighted by Crippen LogP contribution is -2.24. The van der Waals surface area contributed by atoms with Crippen molar-refractivity contribution in [1.82, 2.24) is 14.7 Å². The quantitative estimate of drug-likeness (QED) is 0.790. The van der Waals surface area contributed by atoms with E-state index in [0.717, 1.165) is 10.0 Å². The molecule has 106 valence electrons. The molecule has 1 aromatic carbocycles. The average Bonchev–Trinajstić information content (AvgIpc) is 2.89. The standard InChI is InChI=1S/C15H11BrFN3O/c16-11-3-6-14-18-8-13(20(14)9-11)15(21)19-7-10-1-4-12(17)5-2-10/h1-6,8-9H,7H2,(H,19,21). The number of aromatic nitrogens is 2. The Morgan fingerprint density at radius 1 is 1.24 bits per heavy atom. The Balaban J connectivity index is 1.78. The van der Waals surface area contributed by atoms with Crippen LogP contribution in [0.4, 0.5) is 4.39 Å². The van der Waals surface area contributed by atoms with Crippen LogP contribution in [0.25, 0.3) is 5.65 Å². The first-order valence-electron chi connectivity index (χ1n) is 6.29. The van der Waals surface area contributed by atoms with Gasteiger partial charge in [-0.3, -0.25) is 9.20 Å². The second-order valence-electron chi connectivity index (χ2n) is 4.53. The van der Waals surface area contributed by atoms with Gasteiger partial charge >= 0.3 is 0 Å². The molecule has 2 aromatic heterocycles. The van der Waals surface area contributed by atoms with Crippen molar-refractivity contribution in [1.29, 1.82) is 0 Å². The van der Waals surface area contributed by atoms with Crippen LogP contribution < -0.4 is 5.32 Å². The number of halogens is 2. The van der Waals surface area contributed by atoms with Crippen molar-refractivity contribution >= 4 is 27.5 Å². The number of nitrogens with one attached hydrogen (secondary N) is 1. The lowest BCUT2D eigenvalue weighted by atomic mass is 10.2. The molecule has 0 aliphatic heterocycles. The minimum atomic E-state index is -0.295. The third-order valence-electron chi connectivity index (χ3n) is 3.07. The molecule has 4 nitrogen and oxygen atoms in total. The second-order valence-corrected chi connectivity index (χ2v) is 5.44. The number of hydrogen-bond acceptors (Lipinski definition) is 2. The van der Waals surface area contributed by atoms with Gasteiger partial charge in [0.05, 0.1) is 6.20 Å². The van der Waals surface area contributed by atoms with Crippen molar-refractivity contribution in [2.45, 2.75) is 6.54 Å². The molecule has 1 N–H and O–H groups in total. The first-order valence-corrected chi connectivity index (χ1v) is 7.08. The molecule has 0 aliphatic rings. The van der Waals surface area contributed by atoms with E-state index in [-0.39, 0.29) is 11.7 Å². The Morgan fingerprint density at radius 2 is 2.00 bits per heavy atom. The van der Waals surface area contributed by atoms with Crippen LogP contribution in [0.15, 0.2) is 53.3 Å². The summed E-state index contributed by atoms with van der Waals surface area (Å²) in [6.45, 7) is 0.334. The fraction of sp³-hybridized carbons (Fsp3) is 0.0667. The zero-order valence-corrected chi connectivity index (χ0v) is 12.5. The van der Waals surface area contributed by atoms with Gasteiger partial charge in [0.15, 0.2) is 0 Å². The number of fused-ring (bicyclic) bond motifs is 1. The lowest BCUT2D eigenvalue weighted by molar-refractivity contribution is 0.0945. The number of pyridine rings is 1. The van der Waals surface area contributed by atoms with E-state index in [1.54, 1.807) is 22.7 Å². The normalized spacial score (nSPS) is 10.8. The van der Waals surface area contributed by atoms with Gasteiger partial charge in [0.1, 0.15) is 17.2 Å². The molecule has 3 aromatic rings. The van der Waals surface area contributed by atoms with Crippen molar-refractivity contribution in [2.24, 2.45) is 0 Å². The molecule has 0 spiro atoms. The zero-order chi connectivity index (χ0) is 14.8. The molecule has 6 heteroatoms. The van der Waals surface area contributed by atoms with Gasteiger partial charge in [-0.2, -0.15) is 0 Å². The second kappa shape index (κ2) is 5.65. The van der Waals surface area contributed by atoms with Crippen LogP contribution in [0.5, 0.6) is 0 Å². The molecular formula is C15H11BrFN3O. The Labute approximate surface area is 128 Å². The minimum Gasteiger partial charge on any atom is -0.347 e. The highest BCUT2D eigenvalue weighted by Crippen LogP contribution is 2.13. The smallest absolute Gasteiger partial charge is 0.270 e. The van der Waals surface area contributed by atoms with E-state index in [1.165, 1.54) is 18.3 Å². The van der Waals surface area contributed by atoms with Crippen LogP contribution in [0.1, 0.15) is 16.1 Å². The summed E-state index contributed by atoms with van der Waals surface area (Å²) >= 11 is 3.37. The van der Waals surface area contributed by atoms with E-state index < -0.39 is 0 Å². The number of amides is 1. The first-order chi connectivity index (χ1) is 10.1. The van der Waals surface area contributed by atoms with Crippen LogP contribution in [-0.2, 0) is 6.54 Å². The van der Waals surface area contributed by atoms with Crippen molar-refractivity contribution < 1.29 is 9.18 Å². The van der Waals surface area contributed by atoms with E-state index >= 15 is 0 Å². The number of rotatable bonds is 3. The van der Waals surface area contributed by atoms with E-state index in [2.05, 4.69) is 26.2 Å². The number of hydrogen-bond donors (Lipinski definition) is 1. The van der Waals surface area contributed by atoms with Gasteiger partial charge in [0.25, 0.3) is 5.91 Å². The summed E-state index contributed by atoms with van der Waals surface area (Å²) in [5.41, 5.74) is 1.98. The lowest BCUT2D eigenvalue weighted by Gasteiger charge is -2.05. The average molecular weight is 348 g/mol. The maximum Gasteiger partial charge on any atom is 0.270 e. The highest BCUT2D eigenvalue weighted by atomic mass is 79.9. The van der Waals surface area contributed by atoms with E-state index in [4.69, 9.17) is 0 Å². The first kappa shape index (κ1) is 13.8. The topological polar surface area (TPSA) is 46.4 Å². The Hall–Kier alpha value is -2.21. The zero-order valence-electron chi connectivity index (χ0n) is 10.9. The number of carbonyl (C=O) groups excluding carboxylic acids is 1. The summed E-state index contributed by atoms with van der Waals surface area (Å²) in [6.07, 6.45) is 3.32. The van der Waals surface area contributed by atoms with E-state index in [1.807, 2.05) is 12.1 Å². The van der Waals surface area contributed by atoms with Gasteiger partial charge in [-0.05, 0) is 45.8 Å². The minimum absolute atomic E-state index is 0.232. The maximum absolute atomic E-state index is 12.8. The van der Waals surface area contributed by atoms with Crippen molar-refractivity contribution in [3.8, 4) is 0 Å². The number of nitrogens with zero attached hydrogens (tertiary/aromatic N) is 2. The van der Waals surface area contributed by atoms with Crippen LogP contribution in [-0.4, -0.2) is 15.3 Å². The molecule has 3 rings (SSSR count). The summed E-state index contributed by atoms with van der Waals surface area (Å²) in [5, 5.41) is 2.79. The molecule has 0 radical (unpaired) electrons. The highest BCUT2D eigenvalue weighted by molar-refractivity contribution is 9.10. The molecule has 0 atom stereocenters. The molecule has 21 heavy (non-hydrogen) atoms. The number of carbonyl (C=O) groups is 1. The summed E-state index contributed by atoms with van der Waals surface area (Å²) in [5.74, 6) is -0.526. The van der Waals surface area contributed by atoms with Crippen LogP contribution in [0, 0.1) is 5.82 Å². The monoisotopic (exact) mass is 347 g/mol. The Kier molecular flexibility index (Phi) is 3.70. The summed E-state index contributed by atoms with van der Waals surface area (Å²) < 4.78 is 15.4. The molecule has 0 saturated carbocycles. The predicted octanol–water partition coefficient (Wildman–Crippen LogP) is 3.17. The summed E-state index contributed by atoms with van der Waals surface area (Å²) in [6, 6.07) is 9.70. The van der Waals surface area contributed by atoms with Gasteiger partial charge in [0, 0.05) is 17.2 Å². The largest absolute Gasteiger partial charge is 0.347 e. The molecule has 0 fully saturated rings. The Morgan fingerprint density at radius 3 is 2.76 bits per heavy atom. The molecule has 0 unspecified atom stereocenters. The maximum atomic E-state index is 12.8. The molecule has 1 amide bonds. The fourth-order valence-electron chi connectivity index (χ4n) is 2.00. The molecule has 2 heterocycles. The van der Waals surface area contributed by atoms with Crippen molar-refractivity contribution in [3.05, 3.63) is 70.3 Å². The SMILES string of the molecule is O=C(NCc1ccc(F)cc1)c1cnc2ccc(Br)cn12. The summed E-state index contributed by atoms with van der Waals surface area (Å²) in [4.78, 5) is 16.4. The van der Waals surface area contributed by atoms with Gasteiger partial charge in [-0.15, -0.1) is 0 Å². The third-order valence-corrected chi connectivity index (χ3v) is 3.54. The van der Waals surface area contributed by atoms with Crippen LogP contribution >= 0.6 is 15.9 Å². The van der Waals surface area contributed by atoms with Crippen LogP contribution in [0.2, 0.25) is 0 Å². The van der Waals surface area contributed by atoms with Crippen molar-refractivity contribution in [2.75, 3.05) is 0 Å². The number of benzene rings is 1. The van der Waals surface area contributed by atoms with Crippen molar-refractivity contribution in [3.63, 3.8) is 0 Å². The van der Waals surface area contributed by atoms with Gasteiger partial charge in [-0.25, -0.2) is 9.37 Å². The third kappa shape index (κ3) is 2.95. The fourth-order valence-corrected chi connectivity index (χ4v) is 2.33. The van der Waals surface area contributed by atoms with Crippen LogP contribution in [0.3, 0.4) is 0 Å². The number of imidazole rings is 1. The molecular weight excluding hydrogens is 337 g/mol.